The Morgan fingerprint density at radius 1 is 1.14 bits per heavy atom. The van der Waals surface area contributed by atoms with Crippen molar-refractivity contribution in [2.24, 2.45) is 5.92 Å². The third kappa shape index (κ3) is 3.68. The van der Waals surface area contributed by atoms with Crippen LogP contribution in [0.1, 0.15) is 54.6 Å². The van der Waals surface area contributed by atoms with Gasteiger partial charge in [-0.1, -0.05) is 24.5 Å². The molecule has 0 unspecified atom stereocenters. The van der Waals surface area contributed by atoms with Gasteiger partial charge in [0.1, 0.15) is 5.58 Å². The van der Waals surface area contributed by atoms with E-state index in [2.05, 4.69) is 0 Å². The van der Waals surface area contributed by atoms with Gasteiger partial charge in [-0.2, -0.15) is 0 Å². The van der Waals surface area contributed by atoms with Crippen molar-refractivity contribution in [1.29, 1.82) is 0 Å². The lowest BCUT2D eigenvalue weighted by atomic mass is 9.78. The third-order valence-electron chi connectivity index (χ3n) is 5.97. The van der Waals surface area contributed by atoms with E-state index in [-0.39, 0.29) is 29.7 Å². The first-order chi connectivity index (χ1) is 13.5. The number of nitrogens with zero attached hydrogens (tertiary/aromatic N) is 1. The van der Waals surface area contributed by atoms with Gasteiger partial charge in [0.05, 0.1) is 5.39 Å². The first kappa shape index (κ1) is 18.7. The second-order valence-corrected chi connectivity index (χ2v) is 7.89. The van der Waals surface area contributed by atoms with E-state index in [1.807, 2.05) is 11.8 Å². The van der Waals surface area contributed by atoms with Gasteiger partial charge in [-0.05, 0) is 50.7 Å². The van der Waals surface area contributed by atoms with Crippen LogP contribution in [0.3, 0.4) is 0 Å². The van der Waals surface area contributed by atoms with Crippen molar-refractivity contribution in [2.75, 3.05) is 13.2 Å². The Morgan fingerprint density at radius 2 is 1.93 bits per heavy atom. The van der Waals surface area contributed by atoms with Crippen molar-refractivity contribution in [1.82, 2.24) is 4.90 Å². The number of ether oxygens (including phenoxy) is 1. The van der Waals surface area contributed by atoms with E-state index in [1.54, 1.807) is 18.2 Å². The van der Waals surface area contributed by atoms with E-state index in [9.17, 15) is 14.4 Å². The van der Waals surface area contributed by atoms with E-state index >= 15 is 0 Å². The maximum Gasteiger partial charge on any atom is 0.374 e. The maximum absolute atomic E-state index is 12.7. The summed E-state index contributed by atoms with van der Waals surface area (Å²) in [7, 11) is 0. The Kier molecular flexibility index (Phi) is 5.20. The van der Waals surface area contributed by atoms with Crippen molar-refractivity contribution in [3.05, 3.63) is 45.8 Å². The number of esters is 1. The topological polar surface area (TPSA) is 76.8 Å². The molecule has 2 fully saturated rings. The lowest BCUT2D eigenvalue weighted by molar-refractivity contribution is -0.140. The highest BCUT2D eigenvalue weighted by Crippen LogP contribution is 2.35. The van der Waals surface area contributed by atoms with Gasteiger partial charge in [0.15, 0.2) is 12.0 Å². The monoisotopic (exact) mass is 383 g/mol. The quantitative estimate of drug-likeness (QED) is 0.759. The molecule has 2 heterocycles. The minimum atomic E-state index is -0.787. The van der Waals surface area contributed by atoms with E-state index < -0.39 is 5.97 Å². The Hall–Kier alpha value is -2.63. The minimum Gasteiger partial charge on any atom is -0.450 e. The number of hydrogen-bond donors (Lipinski definition) is 0. The molecule has 6 nitrogen and oxygen atoms in total. The van der Waals surface area contributed by atoms with Crippen LogP contribution in [0, 0.1) is 12.8 Å². The van der Waals surface area contributed by atoms with Crippen molar-refractivity contribution >= 4 is 22.8 Å². The average Bonchev–Trinajstić information content (AvgIpc) is 2.71. The number of rotatable bonds is 3. The van der Waals surface area contributed by atoms with Gasteiger partial charge in [0, 0.05) is 18.7 Å². The molecule has 2 atom stereocenters. The van der Waals surface area contributed by atoms with Gasteiger partial charge in [-0.15, -0.1) is 0 Å². The molecule has 148 valence electrons. The predicted octanol–water partition coefficient (Wildman–Crippen LogP) is 3.44. The molecular formula is C22H25NO5. The number of carbonyl (C=O) groups is 2. The molecule has 4 rings (SSSR count). The molecule has 28 heavy (non-hydrogen) atoms. The Balaban J connectivity index is 1.44. The molecule has 0 bridgehead atoms. The van der Waals surface area contributed by atoms with Crippen LogP contribution < -0.4 is 5.43 Å². The Labute approximate surface area is 163 Å². The van der Waals surface area contributed by atoms with Crippen molar-refractivity contribution in [3.8, 4) is 0 Å². The molecule has 6 heteroatoms. The van der Waals surface area contributed by atoms with Crippen LogP contribution in [0.25, 0.3) is 11.0 Å². The summed E-state index contributed by atoms with van der Waals surface area (Å²) in [6.45, 7) is 2.28. The molecule has 1 aromatic heterocycles. The van der Waals surface area contributed by atoms with Gasteiger partial charge in [0.25, 0.3) is 5.91 Å². The summed E-state index contributed by atoms with van der Waals surface area (Å²) in [5.41, 5.74) is 0.963. The number of carbonyl (C=O) groups excluding carboxylic acids is 2. The second kappa shape index (κ2) is 7.78. The number of piperidine rings is 1. The van der Waals surface area contributed by atoms with E-state index in [1.165, 1.54) is 19.3 Å². The number of amides is 1. The standard InChI is InChI=1S/C22H25NO5/c1-14-8-9-19-16(11-14)18(24)12-20(28-19)22(26)27-13-21(25)23-10-4-6-15-5-2-3-7-17(15)23/h8-9,11-12,15,17H,2-7,10,13H2,1H3/t15-,17+/m1/s1. The molecule has 2 aliphatic rings. The summed E-state index contributed by atoms with van der Waals surface area (Å²) < 4.78 is 10.7. The first-order valence-electron chi connectivity index (χ1n) is 10.0. The van der Waals surface area contributed by atoms with Crippen LogP contribution in [-0.4, -0.2) is 36.0 Å². The summed E-state index contributed by atoms with van der Waals surface area (Å²) in [6, 6.07) is 6.59. The van der Waals surface area contributed by atoms with Crippen LogP contribution in [0.2, 0.25) is 0 Å². The molecule has 1 aliphatic carbocycles. The first-order valence-corrected chi connectivity index (χ1v) is 10.0. The highest BCUT2D eigenvalue weighted by Gasteiger charge is 2.35. The molecular weight excluding hydrogens is 358 g/mol. The van der Waals surface area contributed by atoms with Crippen LogP contribution in [0.15, 0.2) is 33.5 Å². The lowest BCUT2D eigenvalue weighted by Gasteiger charge is -2.44. The molecule has 1 aliphatic heterocycles. The largest absolute Gasteiger partial charge is 0.450 e. The van der Waals surface area contributed by atoms with E-state index in [0.717, 1.165) is 37.4 Å². The molecule has 0 spiro atoms. The van der Waals surface area contributed by atoms with Crippen LogP contribution in [-0.2, 0) is 9.53 Å². The van der Waals surface area contributed by atoms with Gasteiger partial charge in [0.2, 0.25) is 5.76 Å². The summed E-state index contributed by atoms with van der Waals surface area (Å²) in [5, 5.41) is 0.421. The Bertz CT molecular complexity index is 961. The Morgan fingerprint density at radius 3 is 2.79 bits per heavy atom. The fraction of sp³-hybridized carbons (Fsp3) is 0.500. The van der Waals surface area contributed by atoms with E-state index in [0.29, 0.717) is 16.9 Å². The summed E-state index contributed by atoms with van der Waals surface area (Å²) in [4.78, 5) is 39.2. The van der Waals surface area contributed by atoms with Crippen LogP contribution in [0.5, 0.6) is 0 Å². The van der Waals surface area contributed by atoms with Crippen LogP contribution >= 0.6 is 0 Å². The fourth-order valence-corrected chi connectivity index (χ4v) is 4.59. The van der Waals surface area contributed by atoms with Crippen molar-refractivity contribution in [2.45, 2.75) is 51.5 Å². The van der Waals surface area contributed by atoms with Crippen molar-refractivity contribution < 1.29 is 18.7 Å². The zero-order valence-corrected chi connectivity index (χ0v) is 16.1. The number of aryl methyl sites for hydroxylation is 1. The average molecular weight is 383 g/mol. The lowest BCUT2D eigenvalue weighted by Crippen LogP contribution is -2.50. The molecule has 1 amide bonds. The zero-order chi connectivity index (χ0) is 19.7. The number of benzene rings is 1. The maximum atomic E-state index is 12.7. The number of fused-ring (bicyclic) bond motifs is 2. The number of likely N-dealkylation sites (tertiary alicyclic amines) is 1. The molecule has 1 saturated heterocycles. The summed E-state index contributed by atoms with van der Waals surface area (Å²) >= 11 is 0. The normalized spacial score (nSPS) is 22.0. The van der Waals surface area contributed by atoms with Gasteiger partial charge in [-0.25, -0.2) is 4.79 Å². The smallest absolute Gasteiger partial charge is 0.374 e. The summed E-state index contributed by atoms with van der Waals surface area (Å²) in [6.07, 6.45) is 6.76. The molecule has 1 aromatic carbocycles. The van der Waals surface area contributed by atoms with Crippen molar-refractivity contribution in [3.63, 3.8) is 0 Å². The second-order valence-electron chi connectivity index (χ2n) is 7.89. The van der Waals surface area contributed by atoms with E-state index in [4.69, 9.17) is 9.15 Å². The highest BCUT2D eigenvalue weighted by atomic mass is 16.5. The zero-order valence-electron chi connectivity index (χ0n) is 16.1. The van der Waals surface area contributed by atoms with Crippen LogP contribution in [0.4, 0.5) is 0 Å². The highest BCUT2D eigenvalue weighted by molar-refractivity contribution is 5.90. The summed E-state index contributed by atoms with van der Waals surface area (Å²) in [5.74, 6) is -0.554. The third-order valence-corrected chi connectivity index (χ3v) is 5.97. The predicted molar refractivity (Wildman–Crippen MR) is 104 cm³/mol. The molecule has 2 aromatic rings. The number of hydrogen-bond acceptors (Lipinski definition) is 5. The van der Waals surface area contributed by atoms with Gasteiger partial charge in [-0.3, -0.25) is 9.59 Å². The SMILES string of the molecule is Cc1ccc2oc(C(=O)OCC(=O)N3CCC[C@H]4CCCC[C@@H]43)cc(=O)c2c1. The fourth-order valence-electron chi connectivity index (χ4n) is 4.59. The molecule has 0 N–H and O–H groups in total. The molecule has 1 saturated carbocycles. The minimum absolute atomic E-state index is 0.163. The molecule has 0 radical (unpaired) electrons. The van der Waals surface area contributed by atoms with Gasteiger partial charge < -0.3 is 14.1 Å². The van der Waals surface area contributed by atoms with Gasteiger partial charge >= 0.3 is 5.97 Å².